The third-order valence-electron chi connectivity index (χ3n) is 2.69. The number of amides is 1. The van der Waals surface area contributed by atoms with E-state index in [1.807, 2.05) is 12.1 Å². The molecule has 1 aromatic carbocycles. The van der Waals surface area contributed by atoms with Crippen LogP contribution in [0.1, 0.15) is 26.3 Å². The average molecular weight is 547 g/mol. The Balaban J connectivity index is 2.89. The van der Waals surface area contributed by atoms with Crippen LogP contribution in [-0.2, 0) is 16.0 Å². The van der Waals surface area contributed by atoms with E-state index < -0.39 is 23.7 Å². The van der Waals surface area contributed by atoms with E-state index in [-0.39, 0.29) is 6.42 Å². The number of hydrogen-bond acceptors (Lipinski definition) is 4. The first-order valence-electron chi connectivity index (χ1n) is 6.77. The first-order valence-corrected chi connectivity index (χ1v) is 8.93. The van der Waals surface area contributed by atoms with E-state index >= 15 is 0 Å². The molecule has 0 heterocycles. The number of methoxy groups -OCH3 is 1. The van der Waals surface area contributed by atoms with Gasteiger partial charge < -0.3 is 19.9 Å². The van der Waals surface area contributed by atoms with Crippen molar-refractivity contribution in [2.75, 3.05) is 7.11 Å². The van der Waals surface area contributed by atoms with Gasteiger partial charge in [0.25, 0.3) is 0 Å². The van der Waals surface area contributed by atoms with Gasteiger partial charge in [0.15, 0.2) is 0 Å². The second-order valence-corrected chi connectivity index (χ2v) is 8.16. The van der Waals surface area contributed by atoms with Crippen LogP contribution in [-0.4, -0.2) is 35.9 Å². The van der Waals surface area contributed by atoms with Crippen LogP contribution in [0.4, 0.5) is 4.79 Å². The minimum Gasteiger partial charge on any atom is -0.495 e. The molecule has 0 aliphatic heterocycles. The minimum absolute atomic E-state index is 0.157. The molecule has 0 aromatic heterocycles. The van der Waals surface area contributed by atoms with Crippen LogP contribution in [0, 0.1) is 7.14 Å². The number of benzene rings is 1. The number of alkyl carbamates (subject to hydrolysis) is 1. The van der Waals surface area contributed by atoms with Gasteiger partial charge in [-0.3, -0.25) is 0 Å². The molecule has 0 saturated heterocycles. The summed E-state index contributed by atoms with van der Waals surface area (Å²) in [6.07, 6.45) is -0.590. The second kappa shape index (κ2) is 8.36. The molecule has 0 spiro atoms. The topological polar surface area (TPSA) is 84.9 Å². The number of carbonyl (C=O) groups is 2. The molecule has 1 rings (SSSR count). The van der Waals surface area contributed by atoms with Crippen molar-refractivity contribution in [2.45, 2.75) is 38.8 Å². The lowest BCUT2D eigenvalue weighted by Gasteiger charge is -2.22. The molecule has 2 N–H and O–H groups in total. The number of hydrogen-bond donors (Lipinski definition) is 2. The van der Waals surface area contributed by atoms with Gasteiger partial charge in [-0.05, 0) is 83.6 Å². The second-order valence-electron chi connectivity index (χ2n) is 5.83. The minimum atomic E-state index is -1.11. The van der Waals surface area contributed by atoms with E-state index in [2.05, 4.69) is 50.5 Å². The Kier molecular flexibility index (Phi) is 7.36. The number of halogens is 2. The fraction of sp³-hybridized carbons (Fsp3) is 0.467. The van der Waals surface area contributed by atoms with Crippen molar-refractivity contribution in [1.29, 1.82) is 0 Å². The first-order chi connectivity index (χ1) is 10.5. The van der Waals surface area contributed by atoms with E-state index in [9.17, 15) is 14.7 Å². The van der Waals surface area contributed by atoms with Gasteiger partial charge >= 0.3 is 12.1 Å². The summed E-state index contributed by atoms with van der Waals surface area (Å²) in [6, 6.07) is 2.62. The van der Waals surface area contributed by atoms with E-state index in [1.54, 1.807) is 27.9 Å². The zero-order valence-electron chi connectivity index (χ0n) is 13.3. The summed E-state index contributed by atoms with van der Waals surface area (Å²) >= 11 is 4.26. The molecule has 23 heavy (non-hydrogen) atoms. The lowest BCUT2D eigenvalue weighted by molar-refractivity contribution is -0.139. The predicted molar refractivity (Wildman–Crippen MR) is 103 cm³/mol. The standard InChI is InChI=1S/C15H19I2NO5/c1-15(2,3)23-14(21)18-11(13(19)20)7-8-5-9(16)12(22-4)10(17)6-8/h5-6,11H,7H2,1-4H3,(H,18,21)(H,19,20). The Morgan fingerprint density at radius 3 is 2.17 bits per heavy atom. The van der Waals surface area contributed by atoms with Crippen molar-refractivity contribution < 1.29 is 24.2 Å². The molecule has 0 aliphatic carbocycles. The van der Waals surface area contributed by atoms with Crippen molar-refractivity contribution in [3.63, 3.8) is 0 Å². The fourth-order valence-electron chi connectivity index (χ4n) is 1.81. The van der Waals surface area contributed by atoms with Crippen LogP contribution in [0.2, 0.25) is 0 Å². The Hall–Kier alpha value is -0.780. The van der Waals surface area contributed by atoms with Gasteiger partial charge in [-0.15, -0.1) is 0 Å². The van der Waals surface area contributed by atoms with Gasteiger partial charge in [-0.25, -0.2) is 9.59 Å². The molecular weight excluding hydrogens is 528 g/mol. The summed E-state index contributed by atoms with van der Waals surface area (Å²) in [4.78, 5) is 23.2. The molecule has 1 amide bonds. The predicted octanol–water partition coefficient (Wildman–Crippen LogP) is 3.42. The van der Waals surface area contributed by atoms with Crippen LogP contribution >= 0.6 is 45.2 Å². The maximum atomic E-state index is 11.8. The Morgan fingerprint density at radius 1 is 1.26 bits per heavy atom. The number of nitrogens with one attached hydrogen (secondary N) is 1. The van der Waals surface area contributed by atoms with Gasteiger partial charge in [0.05, 0.1) is 14.3 Å². The molecule has 0 aliphatic rings. The Bertz CT molecular complexity index is 575. The van der Waals surface area contributed by atoms with Crippen LogP contribution in [0.15, 0.2) is 12.1 Å². The SMILES string of the molecule is COc1c(I)cc(CC(NC(=O)OC(C)(C)C)C(=O)O)cc1I. The van der Waals surface area contributed by atoms with Crippen LogP contribution in [0.25, 0.3) is 0 Å². The van der Waals surface area contributed by atoms with Crippen molar-refractivity contribution in [2.24, 2.45) is 0 Å². The zero-order valence-corrected chi connectivity index (χ0v) is 17.6. The molecule has 0 saturated carbocycles. The monoisotopic (exact) mass is 547 g/mol. The van der Waals surface area contributed by atoms with E-state index in [0.717, 1.165) is 18.5 Å². The molecule has 0 fully saturated rings. The van der Waals surface area contributed by atoms with Crippen molar-refractivity contribution in [3.05, 3.63) is 24.8 Å². The molecule has 6 nitrogen and oxygen atoms in total. The maximum Gasteiger partial charge on any atom is 0.408 e. The third-order valence-corrected chi connectivity index (χ3v) is 4.29. The summed E-state index contributed by atoms with van der Waals surface area (Å²) in [6.45, 7) is 5.16. The molecule has 1 unspecified atom stereocenters. The summed E-state index contributed by atoms with van der Waals surface area (Å²) in [5.74, 6) is -0.362. The number of carboxylic acid groups (broad SMARTS) is 1. The highest BCUT2D eigenvalue weighted by Gasteiger charge is 2.24. The normalized spacial score (nSPS) is 12.4. The molecule has 1 atom stereocenters. The number of carboxylic acids is 1. The number of rotatable bonds is 5. The first kappa shape index (κ1) is 20.3. The zero-order chi connectivity index (χ0) is 17.8. The lowest BCUT2D eigenvalue weighted by atomic mass is 10.1. The van der Waals surface area contributed by atoms with Crippen molar-refractivity contribution in [3.8, 4) is 5.75 Å². The van der Waals surface area contributed by atoms with Gasteiger partial charge in [0, 0.05) is 6.42 Å². The highest BCUT2D eigenvalue weighted by atomic mass is 127. The van der Waals surface area contributed by atoms with Crippen LogP contribution in [0.3, 0.4) is 0 Å². The highest BCUT2D eigenvalue weighted by Crippen LogP contribution is 2.29. The summed E-state index contributed by atoms with van der Waals surface area (Å²) in [5, 5.41) is 11.7. The van der Waals surface area contributed by atoms with E-state index in [0.29, 0.717) is 0 Å². The third kappa shape index (κ3) is 6.69. The highest BCUT2D eigenvalue weighted by molar-refractivity contribution is 14.1. The van der Waals surface area contributed by atoms with Gasteiger partial charge in [-0.2, -0.15) is 0 Å². The maximum absolute atomic E-state index is 11.8. The lowest BCUT2D eigenvalue weighted by Crippen LogP contribution is -2.44. The molecular formula is C15H19I2NO5. The molecule has 1 aromatic rings. The largest absolute Gasteiger partial charge is 0.495 e. The Morgan fingerprint density at radius 2 is 1.78 bits per heavy atom. The molecule has 128 valence electrons. The van der Waals surface area contributed by atoms with E-state index in [4.69, 9.17) is 9.47 Å². The van der Waals surface area contributed by atoms with Crippen molar-refractivity contribution in [1.82, 2.24) is 5.32 Å². The van der Waals surface area contributed by atoms with E-state index in [1.165, 1.54) is 0 Å². The number of carbonyl (C=O) groups excluding carboxylic acids is 1. The van der Waals surface area contributed by atoms with Gasteiger partial charge in [-0.1, -0.05) is 0 Å². The Labute approximate surface area is 162 Å². The quantitative estimate of drug-likeness (QED) is 0.553. The average Bonchev–Trinajstić information content (AvgIpc) is 2.35. The summed E-state index contributed by atoms with van der Waals surface area (Å²) in [5.41, 5.74) is 0.112. The molecule has 8 heteroatoms. The smallest absolute Gasteiger partial charge is 0.408 e. The number of ether oxygens (including phenoxy) is 2. The van der Waals surface area contributed by atoms with Crippen molar-refractivity contribution >= 4 is 57.2 Å². The molecule has 0 radical (unpaired) electrons. The van der Waals surface area contributed by atoms with Gasteiger partial charge in [0.1, 0.15) is 17.4 Å². The number of aliphatic carboxylic acids is 1. The van der Waals surface area contributed by atoms with Crippen LogP contribution < -0.4 is 10.1 Å². The van der Waals surface area contributed by atoms with Crippen LogP contribution in [0.5, 0.6) is 5.75 Å². The van der Waals surface area contributed by atoms with Gasteiger partial charge in [0.2, 0.25) is 0 Å². The molecule has 0 bridgehead atoms. The fourth-order valence-corrected chi connectivity index (χ4v) is 4.15. The summed E-state index contributed by atoms with van der Waals surface area (Å²) < 4.78 is 12.2. The summed E-state index contributed by atoms with van der Waals surface area (Å²) in [7, 11) is 1.59.